The lowest BCUT2D eigenvalue weighted by molar-refractivity contribution is 0.0116. The van der Waals surface area contributed by atoms with E-state index in [-0.39, 0.29) is 0 Å². The van der Waals surface area contributed by atoms with E-state index in [0.717, 1.165) is 44.3 Å². The van der Waals surface area contributed by atoms with Gasteiger partial charge in [-0.3, -0.25) is 4.90 Å². The van der Waals surface area contributed by atoms with Gasteiger partial charge in [0.15, 0.2) is 0 Å². The van der Waals surface area contributed by atoms with Crippen molar-refractivity contribution in [3.63, 3.8) is 0 Å². The first-order valence-electron chi connectivity index (χ1n) is 5.50. The van der Waals surface area contributed by atoms with Crippen molar-refractivity contribution in [3.8, 4) is 0 Å². The summed E-state index contributed by atoms with van der Waals surface area (Å²) >= 11 is 0. The van der Waals surface area contributed by atoms with Crippen molar-refractivity contribution in [2.75, 3.05) is 32.8 Å². The van der Waals surface area contributed by atoms with Gasteiger partial charge >= 0.3 is 0 Å². The predicted molar refractivity (Wildman–Crippen MR) is 50.7 cm³/mol. The third-order valence-electron chi connectivity index (χ3n) is 3.85. The monoisotopic (exact) mass is 182 g/mol. The lowest BCUT2D eigenvalue weighted by Gasteiger charge is -2.34. The lowest BCUT2D eigenvalue weighted by Crippen LogP contribution is -2.48. The maximum absolute atomic E-state index is 5.39. The van der Waals surface area contributed by atoms with Crippen molar-refractivity contribution < 1.29 is 4.74 Å². The number of ether oxygens (including phenoxy) is 1. The van der Waals surface area contributed by atoms with Crippen LogP contribution in [0.2, 0.25) is 0 Å². The SMILES string of the molecule is C1CN(C2C3CCC2NC3)CCO1. The van der Waals surface area contributed by atoms with Gasteiger partial charge in [0.05, 0.1) is 13.2 Å². The van der Waals surface area contributed by atoms with Gasteiger partial charge in [0.25, 0.3) is 0 Å². The van der Waals surface area contributed by atoms with Crippen LogP contribution < -0.4 is 5.32 Å². The zero-order valence-corrected chi connectivity index (χ0v) is 8.04. The van der Waals surface area contributed by atoms with E-state index in [2.05, 4.69) is 10.2 Å². The molecule has 2 heterocycles. The number of hydrogen-bond acceptors (Lipinski definition) is 3. The minimum atomic E-state index is 0.795. The Morgan fingerprint density at radius 2 is 2.00 bits per heavy atom. The molecule has 0 spiro atoms. The molecule has 2 aliphatic heterocycles. The van der Waals surface area contributed by atoms with Gasteiger partial charge in [0, 0.05) is 25.2 Å². The normalized spacial score (nSPS) is 45.7. The Balaban J connectivity index is 1.70. The number of hydrogen-bond donors (Lipinski definition) is 1. The van der Waals surface area contributed by atoms with Gasteiger partial charge in [-0.2, -0.15) is 0 Å². The predicted octanol–water partition coefficient (Wildman–Crippen LogP) is 0.0690. The zero-order valence-electron chi connectivity index (χ0n) is 8.04. The Hall–Kier alpha value is -0.120. The van der Waals surface area contributed by atoms with Crippen molar-refractivity contribution in [3.05, 3.63) is 0 Å². The number of nitrogens with one attached hydrogen (secondary N) is 1. The topological polar surface area (TPSA) is 24.5 Å². The highest BCUT2D eigenvalue weighted by Gasteiger charge is 2.44. The molecule has 13 heavy (non-hydrogen) atoms. The largest absolute Gasteiger partial charge is 0.379 e. The van der Waals surface area contributed by atoms with Crippen LogP contribution >= 0.6 is 0 Å². The molecule has 0 aromatic heterocycles. The van der Waals surface area contributed by atoms with Crippen LogP contribution in [0.15, 0.2) is 0 Å². The minimum absolute atomic E-state index is 0.795. The first-order valence-corrected chi connectivity index (χ1v) is 5.50. The van der Waals surface area contributed by atoms with Crippen LogP contribution in [-0.2, 0) is 4.74 Å². The number of rotatable bonds is 1. The molecule has 3 unspecified atom stereocenters. The van der Waals surface area contributed by atoms with Gasteiger partial charge in [-0.05, 0) is 25.3 Å². The fraction of sp³-hybridized carbons (Fsp3) is 1.00. The molecule has 2 bridgehead atoms. The fourth-order valence-electron chi connectivity index (χ4n) is 3.24. The molecule has 1 aliphatic carbocycles. The highest BCUT2D eigenvalue weighted by molar-refractivity contribution is 5.02. The van der Waals surface area contributed by atoms with E-state index in [1.165, 1.54) is 19.4 Å². The number of fused-ring (bicyclic) bond motifs is 2. The third-order valence-corrected chi connectivity index (χ3v) is 3.85. The second-order valence-corrected chi connectivity index (χ2v) is 4.49. The van der Waals surface area contributed by atoms with Crippen LogP contribution in [0.3, 0.4) is 0 Å². The molecular formula is C10H18N2O. The summed E-state index contributed by atoms with van der Waals surface area (Å²) in [6, 6.07) is 1.63. The molecule has 0 aromatic carbocycles. The van der Waals surface area contributed by atoms with Gasteiger partial charge in [-0.25, -0.2) is 0 Å². The highest BCUT2D eigenvalue weighted by atomic mass is 16.5. The van der Waals surface area contributed by atoms with Gasteiger partial charge < -0.3 is 10.1 Å². The summed E-state index contributed by atoms with van der Waals surface area (Å²) in [4.78, 5) is 2.64. The summed E-state index contributed by atoms with van der Waals surface area (Å²) in [5, 5.41) is 3.62. The maximum atomic E-state index is 5.39. The van der Waals surface area contributed by atoms with Gasteiger partial charge in [-0.15, -0.1) is 0 Å². The second kappa shape index (κ2) is 3.23. The Morgan fingerprint density at radius 3 is 2.54 bits per heavy atom. The van der Waals surface area contributed by atoms with Crippen molar-refractivity contribution in [1.29, 1.82) is 0 Å². The van der Waals surface area contributed by atoms with Crippen molar-refractivity contribution in [1.82, 2.24) is 10.2 Å². The lowest BCUT2D eigenvalue weighted by atomic mass is 10.0. The zero-order chi connectivity index (χ0) is 8.67. The molecule has 3 fully saturated rings. The van der Waals surface area contributed by atoms with Crippen LogP contribution in [0.25, 0.3) is 0 Å². The Morgan fingerprint density at radius 1 is 1.15 bits per heavy atom. The molecule has 1 N–H and O–H groups in total. The third kappa shape index (κ3) is 1.30. The van der Waals surface area contributed by atoms with Crippen molar-refractivity contribution >= 4 is 0 Å². The van der Waals surface area contributed by atoms with Crippen LogP contribution in [0, 0.1) is 5.92 Å². The van der Waals surface area contributed by atoms with E-state index >= 15 is 0 Å². The van der Waals surface area contributed by atoms with E-state index in [4.69, 9.17) is 4.74 Å². The molecular weight excluding hydrogens is 164 g/mol. The van der Waals surface area contributed by atoms with E-state index in [0.29, 0.717) is 0 Å². The van der Waals surface area contributed by atoms with Crippen molar-refractivity contribution in [2.24, 2.45) is 5.92 Å². The highest BCUT2D eigenvalue weighted by Crippen LogP contribution is 2.35. The molecule has 3 atom stereocenters. The molecule has 3 heteroatoms. The second-order valence-electron chi connectivity index (χ2n) is 4.49. The van der Waals surface area contributed by atoms with E-state index in [1.807, 2.05) is 0 Å². The van der Waals surface area contributed by atoms with Crippen LogP contribution in [0.1, 0.15) is 12.8 Å². The van der Waals surface area contributed by atoms with Crippen LogP contribution in [0.4, 0.5) is 0 Å². The maximum Gasteiger partial charge on any atom is 0.0594 e. The van der Waals surface area contributed by atoms with Crippen LogP contribution in [0.5, 0.6) is 0 Å². The molecule has 0 amide bonds. The van der Waals surface area contributed by atoms with Gasteiger partial charge in [0.2, 0.25) is 0 Å². The summed E-state index contributed by atoms with van der Waals surface area (Å²) < 4.78 is 5.39. The average molecular weight is 182 g/mol. The summed E-state index contributed by atoms with van der Waals surface area (Å²) in [5.74, 6) is 0.933. The Bertz CT molecular complexity index is 171. The molecule has 74 valence electrons. The van der Waals surface area contributed by atoms with Crippen LogP contribution in [-0.4, -0.2) is 49.8 Å². The summed E-state index contributed by atoms with van der Waals surface area (Å²) in [6.45, 7) is 5.44. The van der Waals surface area contributed by atoms with Gasteiger partial charge in [0.1, 0.15) is 0 Å². The average Bonchev–Trinajstić information content (AvgIpc) is 2.78. The minimum Gasteiger partial charge on any atom is -0.379 e. The number of morpholine rings is 1. The molecule has 1 saturated carbocycles. The standard InChI is InChI=1S/C10H18N2O/c1-2-9-10(8(1)7-11-9)12-3-5-13-6-4-12/h8-11H,1-7H2. The molecule has 3 nitrogen and oxygen atoms in total. The summed E-state index contributed by atoms with van der Waals surface area (Å²) in [5.41, 5.74) is 0. The van der Waals surface area contributed by atoms with Crippen molar-refractivity contribution in [2.45, 2.75) is 24.9 Å². The first-order chi connectivity index (χ1) is 6.45. The molecule has 0 radical (unpaired) electrons. The summed E-state index contributed by atoms with van der Waals surface area (Å²) in [7, 11) is 0. The smallest absolute Gasteiger partial charge is 0.0594 e. The van der Waals surface area contributed by atoms with E-state index in [9.17, 15) is 0 Å². The molecule has 0 aromatic rings. The number of nitrogens with zero attached hydrogens (tertiary/aromatic N) is 1. The van der Waals surface area contributed by atoms with E-state index < -0.39 is 0 Å². The number of piperidine rings is 1. The van der Waals surface area contributed by atoms with Gasteiger partial charge in [-0.1, -0.05) is 0 Å². The Kier molecular flexibility index (Phi) is 2.04. The summed E-state index contributed by atoms with van der Waals surface area (Å²) in [6.07, 6.45) is 2.84. The van der Waals surface area contributed by atoms with E-state index in [1.54, 1.807) is 0 Å². The fourth-order valence-corrected chi connectivity index (χ4v) is 3.24. The quantitative estimate of drug-likeness (QED) is 0.621. The molecule has 3 rings (SSSR count). The Labute approximate surface area is 79.4 Å². The molecule has 3 aliphatic rings. The first kappa shape index (κ1) is 8.21. The molecule has 2 saturated heterocycles.